The number of halogens is 3. The minimum atomic E-state index is -4.47. The molecule has 0 saturated carbocycles. The van der Waals surface area contributed by atoms with Crippen molar-refractivity contribution in [1.29, 1.82) is 0 Å². The van der Waals surface area contributed by atoms with Crippen molar-refractivity contribution in [2.24, 2.45) is 0 Å². The van der Waals surface area contributed by atoms with Crippen LogP contribution in [0.4, 0.5) is 36.2 Å². The van der Waals surface area contributed by atoms with E-state index in [0.29, 0.717) is 25.2 Å². The molecule has 2 aliphatic heterocycles. The Hall–Kier alpha value is -3.36. The standard InChI is InChI=1S/C27H31F3N6/c1-5-23-33-21-16-36(25-20(27(28,29)30)7-6-12-31-25)13-10-18(21)24(34-23)32-17-8-9-19-22(15-17)35(4)14-11-26(19,2)3/h6-9,12,15H,5,10-11,13-14,16H2,1-4H3,(H,32,33,34). The second-order valence-electron chi connectivity index (χ2n) is 10.2. The van der Waals surface area contributed by atoms with Crippen LogP contribution in [0.15, 0.2) is 36.5 Å². The van der Waals surface area contributed by atoms with Gasteiger partial charge in [-0.2, -0.15) is 13.2 Å². The van der Waals surface area contributed by atoms with E-state index in [1.54, 1.807) is 4.90 Å². The second kappa shape index (κ2) is 8.94. The van der Waals surface area contributed by atoms with Gasteiger partial charge in [-0.25, -0.2) is 15.0 Å². The van der Waals surface area contributed by atoms with Gasteiger partial charge in [-0.15, -0.1) is 0 Å². The largest absolute Gasteiger partial charge is 0.419 e. The first-order valence-corrected chi connectivity index (χ1v) is 12.4. The fraction of sp³-hybridized carbons (Fsp3) is 0.444. The van der Waals surface area contributed by atoms with Gasteiger partial charge in [-0.1, -0.05) is 26.8 Å². The monoisotopic (exact) mass is 496 g/mol. The topological polar surface area (TPSA) is 57.2 Å². The molecular weight excluding hydrogens is 465 g/mol. The molecule has 9 heteroatoms. The number of pyridine rings is 1. The third-order valence-electron chi connectivity index (χ3n) is 7.29. The fourth-order valence-electron chi connectivity index (χ4n) is 5.13. The highest BCUT2D eigenvalue weighted by Gasteiger charge is 2.37. The predicted molar refractivity (Wildman–Crippen MR) is 136 cm³/mol. The fourth-order valence-corrected chi connectivity index (χ4v) is 5.13. The van der Waals surface area contributed by atoms with Gasteiger partial charge in [-0.05, 0) is 48.1 Å². The van der Waals surface area contributed by atoms with E-state index in [1.165, 1.54) is 23.5 Å². The smallest absolute Gasteiger partial charge is 0.374 e. The van der Waals surface area contributed by atoms with Crippen molar-refractivity contribution in [3.8, 4) is 0 Å². The molecule has 0 saturated heterocycles. The van der Waals surface area contributed by atoms with E-state index in [0.717, 1.165) is 41.8 Å². The molecule has 1 aromatic carbocycles. The van der Waals surface area contributed by atoms with Crippen LogP contribution in [0.1, 0.15) is 55.4 Å². The first-order valence-electron chi connectivity index (χ1n) is 12.4. The zero-order valence-corrected chi connectivity index (χ0v) is 21.1. The highest BCUT2D eigenvalue weighted by atomic mass is 19.4. The number of rotatable bonds is 4. The van der Waals surface area contributed by atoms with Crippen molar-refractivity contribution >= 4 is 23.0 Å². The van der Waals surface area contributed by atoms with Gasteiger partial charge < -0.3 is 15.1 Å². The first-order chi connectivity index (χ1) is 17.1. The van der Waals surface area contributed by atoms with E-state index >= 15 is 0 Å². The summed E-state index contributed by atoms with van der Waals surface area (Å²) in [6, 6.07) is 8.83. The Kier molecular flexibility index (Phi) is 6.04. The summed E-state index contributed by atoms with van der Waals surface area (Å²) in [5, 5.41) is 3.50. The molecule has 0 spiro atoms. The average molecular weight is 497 g/mol. The van der Waals surface area contributed by atoms with Gasteiger partial charge in [0.25, 0.3) is 0 Å². The molecule has 1 N–H and O–H groups in total. The molecule has 0 radical (unpaired) electrons. The van der Waals surface area contributed by atoms with E-state index in [4.69, 9.17) is 9.97 Å². The van der Waals surface area contributed by atoms with Crippen molar-refractivity contribution in [3.63, 3.8) is 0 Å². The zero-order valence-electron chi connectivity index (χ0n) is 21.1. The Labute approximate surface area is 209 Å². The molecule has 0 unspecified atom stereocenters. The molecule has 6 nitrogen and oxygen atoms in total. The maximum absolute atomic E-state index is 13.6. The van der Waals surface area contributed by atoms with E-state index in [9.17, 15) is 13.2 Å². The van der Waals surface area contributed by atoms with E-state index in [-0.39, 0.29) is 17.8 Å². The summed E-state index contributed by atoms with van der Waals surface area (Å²) in [5.74, 6) is 1.33. The van der Waals surface area contributed by atoms with Crippen molar-refractivity contribution in [3.05, 3.63) is 64.7 Å². The molecule has 4 heterocycles. The Morgan fingerprint density at radius 3 is 2.67 bits per heavy atom. The predicted octanol–water partition coefficient (Wildman–Crippen LogP) is 5.88. The van der Waals surface area contributed by atoms with Gasteiger partial charge in [0.1, 0.15) is 17.5 Å². The SMILES string of the molecule is CCc1nc2c(c(Nc3ccc4c(c3)N(C)CCC4(C)C)n1)CCN(c1ncccc1C(F)(F)F)C2. The lowest BCUT2D eigenvalue weighted by atomic mass is 9.78. The van der Waals surface area contributed by atoms with E-state index < -0.39 is 11.7 Å². The normalized spacial score (nSPS) is 17.0. The van der Waals surface area contributed by atoms with Crippen LogP contribution in [0.3, 0.4) is 0 Å². The number of anilines is 4. The number of alkyl halides is 3. The Morgan fingerprint density at radius 1 is 1.11 bits per heavy atom. The summed E-state index contributed by atoms with van der Waals surface area (Å²) in [4.78, 5) is 17.5. The molecule has 2 aromatic heterocycles. The third-order valence-corrected chi connectivity index (χ3v) is 7.29. The molecule has 190 valence electrons. The Morgan fingerprint density at radius 2 is 1.92 bits per heavy atom. The van der Waals surface area contributed by atoms with Crippen LogP contribution in [0.25, 0.3) is 0 Å². The van der Waals surface area contributed by atoms with Crippen molar-refractivity contribution < 1.29 is 13.2 Å². The highest BCUT2D eigenvalue weighted by molar-refractivity contribution is 5.70. The zero-order chi connectivity index (χ0) is 25.7. The summed E-state index contributed by atoms with van der Waals surface area (Å²) in [5.41, 5.74) is 4.55. The number of aryl methyl sites for hydroxylation is 1. The molecule has 36 heavy (non-hydrogen) atoms. The van der Waals surface area contributed by atoms with Gasteiger partial charge in [0.2, 0.25) is 0 Å². The average Bonchev–Trinajstić information content (AvgIpc) is 2.85. The number of nitrogens with zero attached hydrogens (tertiary/aromatic N) is 5. The van der Waals surface area contributed by atoms with E-state index in [1.807, 2.05) is 6.92 Å². The maximum atomic E-state index is 13.6. The summed E-state index contributed by atoms with van der Waals surface area (Å²) in [6.45, 7) is 8.17. The number of aromatic nitrogens is 3. The lowest BCUT2D eigenvalue weighted by Gasteiger charge is -2.38. The third kappa shape index (κ3) is 4.47. The summed E-state index contributed by atoms with van der Waals surface area (Å²) in [7, 11) is 2.11. The summed E-state index contributed by atoms with van der Waals surface area (Å²) in [6.07, 6.45) is -0.816. The van der Waals surface area contributed by atoms with Crippen LogP contribution >= 0.6 is 0 Å². The van der Waals surface area contributed by atoms with Crippen LogP contribution in [-0.4, -0.2) is 35.1 Å². The minimum Gasteiger partial charge on any atom is -0.374 e. The van der Waals surface area contributed by atoms with Crippen molar-refractivity contribution in [2.45, 2.75) is 58.2 Å². The van der Waals surface area contributed by atoms with Crippen LogP contribution < -0.4 is 15.1 Å². The quantitative estimate of drug-likeness (QED) is 0.487. The molecule has 5 rings (SSSR count). The number of fused-ring (bicyclic) bond motifs is 2. The minimum absolute atomic E-state index is 0.0536. The summed E-state index contributed by atoms with van der Waals surface area (Å²) >= 11 is 0. The van der Waals surface area contributed by atoms with Gasteiger partial charge in [-0.3, -0.25) is 0 Å². The molecule has 3 aromatic rings. The first kappa shape index (κ1) is 24.3. The maximum Gasteiger partial charge on any atom is 0.419 e. The van der Waals surface area contributed by atoms with Crippen molar-refractivity contribution in [1.82, 2.24) is 15.0 Å². The van der Waals surface area contributed by atoms with E-state index in [2.05, 4.69) is 54.3 Å². The Balaban J connectivity index is 1.48. The molecule has 0 bridgehead atoms. The van der Waals surface area contributed by atoms with Gasteiger partial charge in [0, 0.05) is 49.7 Å². The number of nitrogens with one attached hydrogen (secondary N) is 1. The molecule has 0 amide bonds. The molecule has 0 atom stereocenters. The molecule has 0 fully saturated rings. The number of benzene rings is 1. The number of hydrogen-bond donors (Lipinski definition) is 1. The lowest BCUT2D eigenvalue weighted by Crippen LogP contribution is -2.35. The van der Waals surface area contributed by atoms with Gasteiger partial charge in [0.05, 0.1) is 17.8 Å². The van der Waals surface area contributed by atoms with Crippen LogP contribution in [0.5, 0.6) is 0 Å². The van der Waals surface area contributed by atoms with Crippen LogP contribution in [0, 0.1) is 0 Å². The van der Waals surface area contributed by atoms with Crippen LogP contribution in [-0.2, 0) is 31.0 Å². The molecule has 2 aliphatic rings. The Bertz CT molecular complexity index is 1290. The van der Waals surface area contributed by atoms with Gasteiger partial charge in [0.15, 0.2) is 0 Å². The summed E-state index contributed by atoms with van der Waals surface area (Å²) < 4.78 is 40.8. The molecular formula is C27H31F3N6. The lowest BCUT2D eigenvalue weighted by molar-refractivity contribution is -0.137. The number of hydrogen-bond acceptors (Lipinski definition) is 6. The highest BCUT2D eigenvalue weighted by Crippen LogP contribution is 2.41. The molecule has 0 aliphatic carbocycles. The van der Waals surface area contributed by atoms with Crippen LogP contribution in [0.2, 0.25) is 0 Å². The van der Waals surface area contributed by atoms with Gasteiger partial charge >= 0.3 is 6.18 Å². The second-order valence-corrected chi connectivity index (χ2v) is 10.2. The van der Waals surface area contributed by atoms with Crippen molar-refractivity contribution in [2.75, 3.05) is 35.3 Å².